The zero-order chi connectivity index (χ0) is 21.5. The van der Waals surface area contributed by atoms with Crippen molar-refractivity contribution in [2.75, 3.05) is 0 Å². The van der Waals surface area contributed by atoms with Crippen molar-refractivity contribution in [1.29, 1.82) is 0 Å². The molecule has 7 heteroatoms. The maximum atomic E-state index is 9.53. The van der Waals surface area contributed by atoms with Crippen LogP contribution < -0.4 is 25.5 Å². The van der Waals surface area contributed by atoms with E-state index in [0.29, 0.717) is 0 Å². The van der Waals surface area contributed by atoms with Crippen LogP contribution in [0, 0.1) is 0 Å². The van der Waals surface area contributed by atoms with Gasteiger partial charge in [0, 0.05) is 32.3 Å². The van der Waals surface area contributed by atoms with Crippen molar-refractivity contribution in [3.63, 3.8) is 0 Å². The van der Waals surface area contributed by atoms with Gasteiger partial charge in [-0.05, 0) is 13.8 Å². The molecule has 0 saturated carbocycles. The van der Waals surface area contributed by atoms with Gasteiger partial charge in [-0.2, -0.15) is 0 Å². The van der Waals surface area contributed by atoms with Gasteiger partial charge >= 0.3 is 0 Å². The van der Waals surface area contributed by atoms with E-state index in [4.69, 9.17) is 5.11 Å². The molecule has 6 nitrogen and oxygen atoms in total. The predicted molar refractivity (Wildman–Crippen MR) is 93.0 cm³/mol. The molecule has 0 saturated heterocycles. The Morgan fingerprint density at radius 1 is 0.400 bits per heavy atom. The van der Waals surface area contributed by atoms with Gasteiger partial charge < -0.3 is 30.6 Å². The van der Waals surface area contributed by atoms with Crippen molar-refractivity contribution in [3.05, 3.63) is 0 Å². The summed E-state index contributed by atoms with van der Waals surface area (Å²) in [4.78, 5) is 0. The molecule has 0 spiro atoms. The molecular formula is C18H43O6Zr-5. The summed E-state index contributed by atoms with van der Waals surface area (Å²) in [6.45, 7) is 19.6. The Bertz CT molecular complexity index is 101. The fourth-order valence-electron chi connectivity index (χ4n) is 0. The van der Waals surface area contributed by atoms with Crippen LogP contribution in [0.5, 0.6) is 0 Å². The van der Waals surface area contributed by atoms with E-state index in [-0.39, 0.29) is 32.3 Å². The van der Waals surface area contributed by atoms with Gasteiger partial charge in [-0.3, -0.25) is 0 Å². The van der Waals surface area contributed by atoms with Gasteiger partial charge in [-0.25, -0.2) is 0 Å². The fraction of sp³-hybridized carbons (Fsp3) is 1.00. The standard InChI is InChI=1S/C3H8O.5C3H7O.Zr/c6*1-3(2)4;/h3-4H,1-2H3;5*3H,1-2H3;/q;5*-1;. The molecule has 0 unspecified atom stereocenters. The number of hydrogen-bond acceptors (Lipinski definition) is 6. The Morgan fingerprint density at radius 3 is 0.400 bits per heavy atom. The van der Waals surface area contributed by atoms with Gasteiger partial charge in [-0.1, -0.05) is 69.2 Å². The Labute approximate surface area is 176 Å². The number of aliphatic hydroxyl groups excluding tert-OH is 1. The molecule has 0 radical (unpaired) electrons. The maximum Gasteiger partial charge on any atom is 0.0483 e. The van der Waals surface area contributed by atoms with Gasteiger partial charge in [0.15, 0.2) is 0 Å². The monoisotopic (exact) mass is 445 g/mol. The molecule has 0 aliphatic heterocycles. The van der Waals surface area contributed by atoms with Crippen LogP contribution in [0.25, 0.3) is 0 Å². The van der Waals surface area contributed by atoms with Crippen molar-refractivity contribution >= 4 is 0 Å². The first-order chi connectivity index (χ1) is 10.4. The minimum absolute atomic E-state index is 0. The first-order valence-electron chi connectivity index (χ1n) is 8.36. The summed E-state index contributed by atoms with van der Waals surface area (Å²) >= 11 is 0. The minimum Gasteiger partial charge on any atom is -0.852 e. The van der Waals surface area contributed by atoms with Crippen LogP contribution >= 0.6 is 0 Å². The quantitative estimate of drug-likeness (QED) is 0.515. The fourth-order valence-corrected chi connectivity index (χ4v) is 0. The zero-order valence-electron chi connectivity index (χ0n) is 18.5. The topological polar surface area (TPSA) is 136 Å². The Hall–Kier alpha value is 0.643. The molecule has 0 aromatic carbocycles. The van der Waals surface area contributed by atoms with E-state index in [1.54, 1.807) is 83.1 Å². The summed E-state index contributed by atoms with van der Waals surface area (Å²) in [6.07, 6.45) is -2.25. The van der Waals surface area contributed by atoms with Crippen LogP contribution in [0.3, 0.4) is 0 Å². The summed E-state index contributed by atoms with van der Waals surface area (Å²) in [6, 6.07) is 0. The SMILES string of the molecule is CC(C)O.CC(C)[O-].CC(C)[O-].CC(C)[O-].CC(C)[O-].CC(C)[O-].[Zr]. The Balaban J connectivity index is -0.0000000309. The van der Waals surface area contributed by atoms with Gasteiger partial charge in [0.25, 0.3) is 0 Å². The zero-order valence-corrected chi connectivity index (χ0v) is 20.9. The molecule has 0 rings (SSSR count). The third-order valence-electron chi connectivity index (χ3n) is 0. The molecule has 0 atom stereocenters. The first kappa shape index (κ1) is 44.8. The molecule has 0 aliphatic rings. The first-order valence-corrected chi connectivity index (χ1v) is 8.36. The summed E-state index contributed by atoms with van der Waals surface area (Å²) in [5.41, 5.74) is 0. The number of rotatable bonds is 0. The second-order valence-corrected chi connectivity index (χ2v) is 6.34. The van der Waals surface area contributed by atoms with E-state index in [1.807, 2.05) is 0 Å². The summed E-state index contributed by atoms with van der Waals surface area (Å²) in [5, 5.41) is 55.7. The molecule has 0 fully saturated rings. The van der Waals surface area contributed by atoms with Crippen LogP contribution in [0.4, 0.5) is 0 Å². The van der Waals surface area contributed by atoms with Crippen molar-refractivity contribution in [1.82, 2.24) is 0 Å². The summed E-state index contributed by atoms with van der Waals surface area (Å²) in [7, 11) is 0. The third kappa shape index (κ3) is 30500. The Morgan fingerprint density at radius 2 is 0.400 bits per heavy atom. The van der Waals surface area contributed by atoms with E-state index in [0.717, 1.165) is 0 Å². The van der Waals surface area contributed by atoms with Crippen molar-refractivity contribution in [3.8, 4) is 0 Å². The van der Waals surface area contributed by atoms with Crippen LogP contribution in [-0.2, 0) is 26.2 Å². The van der Waals surface area contributed by atoms with E-state index >= 15 is 0 Å². The molecule has 160 valence electrons. The molecule has 1 N–H and O–H groups in total. The van der Waals surface area contributed by atoms with Crippen molar-refractivity contribution in [2.24, 2.45) is 0 Å². The van der Waals surface area contributed by atoms with Gasteiger partial charge in [-0.15, -0.1) is 30.5 Å². The second kappa shape index (κ2) is 39.6. The van der Waals surface area contributed by atoms with E-state index in [1.165, 1.54) is 0 Å². The van der Waals surface area contributed by atoms with Crippen molar-refractivity contribution in [2.45, 2.75) is 120 Å². The normalized spacial score (nSPS) is 8.64. The predicted octanol–water partition coefficient (Wildman–Crippen LogP) is -0.840. The van der Waals surface area contributed by atoms with Crippen LogP contribution in [0.15, 0.2) is 0 Å². The summed E-state index contributed by atoms with van der Waals surface area (Å²) < 4.78 is 0. The number of hydrogen-bond donors (Lipinski definition) is 1. The Kier molecular flexibility index (Phi) is 71.0. The van der Waals surface area contributed by atoms with E-state index in [9.17, 15) is 25.5 Å². The second-order valence-electron chi connectivity index (χ2n) is 6.34. The molecule has 0 heterocycles. The maximum absolute atomic E-state index is 9.53. The minimum atomic E-state index is -0.417. The molecule has 0 bridgehead atoms. The van der Waals surface area contributed by atoms with Crippen LogP contribution in [-0.4, -0.2) is 41.7 Å². The molecule has 0 aromatic heterocycles. The molecular weight excluding hydrogens is 403 g/mol. The molecule has 25 heavy (non-hydrogen) atoms. The van der Waals surface area contributed by atoms with Gasteiger partial charge in [0.2, 0.25) is 0 Å². The van der Waals surface area contributed by atoms with Gasteiger partial charge in [0.05, 0.1) is 0 Å². The van der Waals surface area contributed by atoms with E-state index in [2.05, 4.69) is 0 Å². The van der Waals surface area contributed by atoms with Crippen LogP contribution in [0.2, 0.25) is 0 Å². The van der Waals surface area contributed by atoms with Crippen LogP contribution in [0.1, 0.15) is 83.1 Å². The van der Waals surface area contributed by atoms with E-state index < -0.39 is 30.5 Å². The molecule has 0 aromatic rings. The third-order valence-corrected chi connectivity index (χ3v) is 0. The average Bonchev–Trinajstić information content (AvgIpc) is 2.08. The average molecular weight is 447 g/mol. The van der Waals surface area contributed by atoms with Gasteiger partial charge in [0.1, 0.15) is 0 Å². The largest absolute Gasteiger partial charge is 0.852 e. The smallest absolute Gasteiger partial charge is 0.0483 e. The molecule has 0 aliphatic carbocycles. The van der Waals surface area contributed by atoms with Crippen molar-refractivity contribution < 1.29 is 56.8 Å². The number of aliphatic hydroxyl groups is 1. The molecule has 0 amide bonds. The summed E-state index contributed by atoms with van der Waals surface area (Å²) in [5.74, 6) is 0.